The molecule has 0 fully saturated rings. The molecule has 180 valence electrons. The number of carbonyl (C=O) groups is 4. The number of carbonyl (C=O) groups excluding carboxylic acids is 3. The molecule has 0 heterocycles. The Labute approximate surface area is 197 Å². The zero-order valence-corrected chi connectivity index (χ0v) is 19.2. The number of aliphatic carboxylic acids is 1. The predicted molar refractivity (Wildman–Crippen MR) is 125 cm³/mol. The van der Waals surface area contributed by atoms with E-state index in [-0.39, 0.29) is 18.4 Å². The van der Waals surface area contributed by atoms with Gasteiger partial charge in [0.15, 0.2) is 0 Å². The van der Waals surface area contributed by atoms with Gasteiger partial charge in [0, 0.05) is 5.92 Å². The summed E-state index contributed by atoms with van der Waals surface area (Å²) in [5.41, 5.74) is 4.40. The van der Waals surface area contributed by atoms with Crippen molar-refractivity contribution in [2.45, 2.75) is 32.2 Å². The quantitative estimate of drug-likeness (QED) is 0.424. The summed E-state index contributed by atoms with van der Waals surface area (Å²) in [5.74, 6) is -2.70. The van der Waals surface area contributed by atoms with Crippen LogP contribution in [0.4, 0.5) is 4.79 Å². The van der Waals surface area contributed by atoms with Crippen molar-refractivity contribution in [1.29, 1.82) is 0 Å². The second kappa shape index (κ2) is 11.3. The Balaban J connectivity index is 1.60. The standard InChI is InChI=1S/C25H29N3O6/c1-3-15(2)23(24(32)27-12-21(29)26-13-22(30)31)28-25(33)34-14-20-18-10-6-4-8-16(18)17-9-5-7-11-19(17)20/h4-11,15,20,23H,3,12-14H2,1-2H3,(H,26,29)(H,27,32)(H,28,33)(H,30,31)/t15-,23-/m0/s1. The maximum Gasteiger partial charge on any atom is 0.407 e. The lowest BCUT2D eigenvalue weighted by Crippen LogP contribution is -2.52. The number of ether oxygens (including phenoxy) is 1. The van der Waals surface area contributed by atoms with Crippen molar-refractivity contribution < 1.29 is 29.0 Å². The summed E-state index contributed by atoms with van der Waals surface area (Å²) >= 11 is 0. The minimum Gasteiger partial charge on any atom is -0.480 e. The molecule has 9 nitrogen and oxygen atoms in total. The van der Waals surface area contributed by atoms with E-state index < -0.39 is 43.0 Å². The number of benzene rings is 2. The van der Waals surface area contributed by atoms with Gasteiger partial charge in [-0.1, -0.05) is 68.8 Å². The first-order valence-electron chi connectivity index (χ1n) is 11.2. The van der Waals surface area contributed by atoms with Gasteiger partial charge in [0.2, 0.25) is 11.8 Å². The number of hydrogen-bond acceptors (Lipinski definition) is 5. The highest BCUT2D eigenvalue weighted by molar-refractivity contribution is 5.90. The zero-order chi connectivity index (χ0) is 24.7. The number of rotatable bonds is 10. The van der Waals surface area contributed by atoms with Crippen molar-refractivity contribution in [2.75, 3.05) is 19.7 Å². The number of carboxylic acids is 1. The smallest absolute Gasteiger partial charge is 0.407 e. The summed E-state index contributed by atoms with van der Waals surface area (Å²) in [6.45, 7) is 2.86. The Hall–Kier alpha value is -3.88. The zero-order valence-electron chi connectivity index (χ0n) is 19.2. The van der Waals surface area contributed by atoms with Crippen LogP contribution in [-0.2, 0) is 19.1 Å². The fourth-order valence-electron chi connectivity index (χ4n) is 3.98. The van der Waals surface area contributed by atoms with Gasteiger partial charge in [0.1, 0.15) is 19.2 Å². The van der Waals surface area contributed by atoms with Gasteiger partial charge in [-0.05, 0) is 28.2 Å². The van der Waals surface area contributed by atoms with E-state index >= 15 is 0 Å². The summed E-state index contributed by atoms with van der Waals surface area (Å²) in [6.07, 6.45) is -0.120. The number of carboxylic acid groups (broad SMARTS) is 1. The third kappa shape index (κ3) is 5.92. The average molecular weight is 468 g/mol. The van der Waals surface area contributed by atoms with Gasteiger partial charge in [0.25, 0.3) is 0 Å². The second-order valence-corrected chi connectivity index (χ2v) is 8.22. The molecule has 1 aliphatic rings. The lowest BCUT2D eigenvalue weighted by atomic mass is 9.98. The SMILES string of the molecule is CC[C@H](C)[C@H](NC(=O)OCC1c2ccccc2-c2ccccc21)C(=O)NCC(=O)NCC(=O)O. The second-order valence-electron chi connectivity index (χ2n) is 8.22. The minimum absolute atomic E-state index is 0.105. The van der Waals surface area contributed by atoms with Crippen LogP contribution in [0.5, 0.6) is 0 Å². The van der Waals surface area contributed by atoms with Crippen molar-refractivity contribution in [3.8, 4) is 11.1 Å². The van der Waals surface area contributed by atoms with Crippen molar-refractivity contribution in [3.63, 3.8) is 0 Å². The lowest BCUT2D eigenvalue weighted by molar-refractivity contribution is -0.137. The van der Waals surface area contributed by atoms with E-state index in [4.69, 9.17) is 9.84 Å². The van der Waals surface area contributed by atoms with Crippen LogP contribution in [0.2, 0.25) is 0 Å². The molecule has 3 rings (SSSR count). The number of fused-ring (bicyclic) bond motifs is 3. The topological polar surface area (TPSA) is 134 Å². The van der Waals surface area contributed by atoms with E-state index in [9.17, 15) is 19.2 Å². The average Bonchev–Trinajstić information content (AvgIpc) is 3.16. The molecule has 2 atom stereocenters. The molecule has 0 aromatic heterocycles. The Bertz CT molecular complexity index is 1020. The molecule has 0 bridgehead atoms. The molecule has 0 aliphatic heterocycles. The number of nitrogens with one attached hydrogen (secondary N) is 3. The van der Waals surface area contributed by atoms with E-state index in [1.54, 1.807) is 6.92 Å². The fraction of sp³-hybridized carbons (Fsp3) is 0.360. The molecular weight excluding hydrogens is 438 g/mol. The monoisotopic (exact) mass is 467 g/mol. The third-order valence-electron chi connectivity index (χ3n) is 5.97. The van der Waals surface area contributed by atoms with Crippen molar-refractivity contribution in [2.24, 2.45) is 5.92 Å². The number of amides is 3. The van der Waals surface area contributed by atoms with Crippen LogP contribution in [-0.4, -0.2) is 54.7 Å². The molecule has 34 heavy (non-hydrogen) atoms. The van der Waals surface area contributed by atoms with E-state index in [1.807, 2.05) is 55.5 Å². The molecule has 2 aromatic carbocycles. The maximum atomic E-state index is 12.6. The highest BCUT2D eigenvalue weighted by Gasteiger charge is 2.31. The van der Waals surface area contributed by atoms with Crippen LogP contribution in [0, 0.1) is 5.92 Å². The number of alkyl carbamates (subject to hydrolysis) is 1. The molecule has 3 amide bonds. The molecule has 0 saturated heterocycles. The van der Waals surface area contributed by atoms with Crippen LogP contribution in [0.3, 0.4) is 0 Å². The first-order chi connectivity index (χ1) is 16.3. The van der Waals surface area contributed by atoms with E-state index in [0.29, 0.717) is 6.42 Å². The molecule has 0 saturated carbocycles. The van der Waals surface area contributed by atoms with Gasteiger partial charge >= 0.3 is 12.1 Å². The summed E-state index contributed by atoms with van der Waals surface area (Å²) in [7, 11) is 0. The summed E-state index contributed by atoms with van der Waals surface area (Å²) in [4.78, 5) is 47.5. The first-order valence-corrected chi connectivity index (χ1v) is 11.2. The Morgan fingerprint density at radius 3 is 2.09 bits per heavy atom. The van der Waals surface area contributed by atoms with Gasteiger partial charge in [0.05, 0.1) is 6.54 Å². The molecule has 0 radical (unpaired) electrons. The molecule has 4 N–H and O–H groups in total. The van der Waals surface area contributed by atoms with Gasteiger partial charge in [-0.15, -0.1) is 0 Å². The third-order valence-corrected chi connectivity index (χ3v) is 5.97. The summed E-state index contributed by atoms with van der Waals surface area (Å²) < 4.78 is 5.53. The molecule has 0 spiro atoms. The van der Waals surface area contributed by atoms with Crippen LogP contribution in [0.15, 0.2) is 48.5 Å². The van der Waals surface area contributed by atoms with Gasteiger partial charge < -0.3 is 25.8 Å². The summed E-state index contributed by atoms with van der Waals surface area (Å²) in [5, 5.41) is 15.8. The fourth-order valence-corrected chi connectivity index (χ4v) is 3.98. The van der Waals surface area contributed by atoms with Gasteiger partial charge in [-0.25, -0.2) is 4.79 Å². The van der Waals surface area contributed by atoms with Gasteiger partial charge in [-0.2, -0.15) is 0 Å². The molecule has 2 aromatic rings. The molecule has 0 unspecified atom stereocenters. The highest BCUT2D eigenvalue weighted by atomic mass is 16.5. The van der Waals surface area contributed by atoms with Crippen LogP contribution < -0.4 is 16.0 Å². The molecule has 9 heteroatoms. The highest BCUT2D eigenvalue weighted by Crippen LogP contribution is 2.44. The molecule has 1 aliphatic carbocycles. The van der Waals surface area contributed by atoms with Crippen LogP contribution in [0.1, 0.15) is 37.3 Å². The van der Waals surface area contributed by atoms with Crippen molar-refractivity contribution in [1.82, 2.24) is 16.0 Å². The van der Waals surface area contributed by atoms with Crippen molar-refractivity contribution >= 4 is 23.9 Å². The van der Waals surface area contributed by atoms with Crippen LogP contribution >= 0.6 is 0 Å². The lowest BCUT2D eigenvalue weighted by Gasteiger charge is -2.23. The Morgan fingerprint density at radius 1 is 0.941 bits per heavy atom. The Kier molecular flexibility index (Phi) is 8.24. The minimum atomic E-state index is -1.19. The summed E-state index contributed by atoms with van der Waals surface area (Å²) in [6, 6.07) is 15.1. The maximum absolute atomic E-state index is 12.6. The van der Waals surface area contributed by atoms with E-state index in [2.05, 4.69) is 16.0 Å². The number of hydrogen-bond donors (Lipinski definition) is 4. The van der Waals surface area contributed by atoms with Crippen LogP contribution in [0.25, 0.3) is 11.1 Å². The van der Waals surface area contributed by atoms with Gasteiger partial charge in [-0.3, -0.25) is 14.4 Å². The Morgan fingerprint density at radius 2 is 1.53 bits per heavy atom. The molecular formula is C25H29N3O6. The predicted octanol–water partition coefficient (Wildman–Crippen LogP) is 2.26. The largest absolute Gasteiger partial charge is 0.480 e. The first kappa shape index (κ1) is 24.8. The normalized spacial score (nSPS) is 13.7. The van der Waals surface area contributed by atoms with E-state index in [0.717, 1.165) is 22.3 Å². The van der Waals surface area contributed by atoms with Crippen molar-refractivity contribution in [3.05, 3.63) is 59.7 Å². The van der Waals surface area contributed by atoms with E-state index in [1.165, 1.54) is 0 Å².